The summed E-state index contributed by atoms with van der Waals surface area (Å²) >= 11 is 0. The molecule has 0 aromatic heterocycles. The Balaban J connectivity index is 1.75. The Labute approximate surface area is 126 Å². The molecular formula is C20H34. The van der Waals surface area contributed by atoms with Gasteiger partial charge in [-0.05, 0) is 81.5 Å². The maximum Gasteiger partial charge on any atom is -0.0200 e. The van der Waals surface area contributed by atoms with E-state index in [9.17, 15) is 0 Å². The Hall–Kier alpha value is -0.520. The lowest BCUT2D eigenvalue weighted by molar-refractivity contribution is 0.281. The van der Waals surface area contributed by atoms with Gasteiger partial charge in [-0.25, -0.2) is 0 Å². The first-order valence-electron chi connectivity index (χ1n) is 9.08. The molecule has 0 heteroatoms. The molecule has 0 spiro atoms. The Bertz CT molecular complexity index is 317. The minimum absolute atomic E-state index is 0.846. The Morgan fingerprint density at radius 3 is 2.20 bits per heavy atom. The number of allylic oxidation sites excluding steroid dienone is 3. The van der Waals surface area contributed by atoms with Crippen molar-refractivity contribution in [3.63, 3.8) is 0 Å². The molecule has 0 radical (unpaired) electrons. The molecule has 2 atom stereocenters. The zero-order chi connectivity index (χ0) is 14.4. The fourth-order valence-corrected chi connectivity index (χ4v) is 4.36. The summed E-state index contributed by atoms with van der Waals surface area (Å²) < 4.78 is 0. The molecule has 2 saturated carbocycles. The topological polar surface area (TPSA) is 0 Å². The van der Waals surface area contributed by atoms with Crippen molar-refractivity contribution >= 4 is 0 Å². The van der Waals surface area contributed by atoms with Gasteiger partial charge in [0.15, 0.2) is 0 Å². The van der Waals surface area contributed by atoms with Crippen molar-refractivity contribution < 1.29 is 0 Å². The van der Waals surface area contributed by atoms with E-state index in [1.807, 2.05) is 0 Å². The van der Waals surface area contributed by atoms with Crippen molar-refractivity contribution in [3.8, 4) is 0 Å². The molecule has 0 aromatic rings. The zero-order valence-electron chi connectivity index (χ0n) is 13.7. The lowest BCUT2D eigenvalue weighted by Crippen LogP contribution is -2.18. The lowest BCUT2D eigenvalue weighted by atomic mass is 9.74. The van der Waals surface area contributed by atoms with Crippen LogP contribution < -0.4 is 0 Å². The molecule has 2 fully saturated rings. The molecule has 0 aliphatic heterocycles. The molecule has 0 saturated heterocycles. The molecule has 2 rings (SSSR count). The summed E-state index contributed by atoms with van der Waals surface area (Å²) in [6.45, 7) is 9.10. The molecule has 20 heavy (non-hydrogen) atoms. The SMILES string of the molecule is C=C(C1CCC(CC)CC1)C1CCC(C/C=C\CC)C1. The van der Waals surface area contributed by atoms with Crippen LogP contribution in [0.2, 0.25) is 0 Å². The Morgan fingerprint density at radius 1 is 0.900 bits per heavy atom. The lowest BCUT2D eigenvalue weighted by Gasteiger charge is -2.31. The van der Waals surface area contributed by atoms with Gasteiger partial charge in [-0.3, -0.25) is 0 Å². The normalized spacial score (nSPS) is 34.7. The van der Waals surface area contributed by atoms with E-state index in [0.717, 1.165) is 23.7 Å². The van der Waals surface area contributed by atoms with Crippen molar-refractivity contribution in [1.29, 1.82) is 0 Å². The number of hydrogen-bond donors (Lipinski definition) is 0. The first-order chi connectivity index (χ1) is 9.74. The average molecular weight is 274 g/mol. The van der Waals surface area contributed by atoms with Crippen LogP contribution in [0.5, 0.6) is 0 Å². The quantitative estimate of drug-likeness (QED) is 0.483. The second-order valence-electron chi connectivity index (χ2n) is 7.19. The number of hydrogen-bond acceptors (Lipinski definition) is 0. The zero-order valence-corrected chi connectivity index (χ0v) is 13.7. The van der Waals surface area contributed by atoms with Gasteiger partial charge in [0.1, 0.15) is 0 Å². The summed E-state index contributed by atoms with van der Waals surface area (Å²) in [6, 6.07) is 0. The van der Waals surface area contributed by atoms with Gasteiger partial charge in [0.25, 0.3) is 0 Å². The molecule has 2 aliphatic rings. The number of rotatable bonds is 6. The van der Waals surface area contributed by atoms with Crippen LogP contribution in [0, 0.1) is 23.7 Å². The van der Waals surface area contributed by atoms with E-state index in [0.29, 0.717) is 0 Å². The van der Waals surface area contributed by atoms with E-state index >= 15 is 0 Å². The highest BCUT2D eigenvalue weighted by Gasteiger charge is 2.30. The first kappa shape index (κ1) is 15.9. The van der Waals surface area contributed by atoms with Crippen molar-refractivity contribution in [2.24, 2.45) is 23.7 Å². The largest absolute Gasteiger partial charge is 0.0993 e. The fourth-order valence-electron chi connectivity index (χ4n) is 4.36. The highest BCUT2D eigenvalue weighted by Crippen LogP contribution is 2.43. The molecule has 0 amide bonds. The molecule has 0 heterocycles. The second kappa shape index (κ2) is 8.05. The predicted octanol–water partition coefficient (Wildman–Crippen LogP) is 6.53. The van der Waals surface area contributed by atoms with Crippen LogP contribution in [0.1, 0.15) is 78.1 Å². The highest BCUT2D eigenvalue weighted by atomic mass is 14.4. The molecule has 2 unspecified atom stereocenters. The van der Waals surface area contributed by atoms with Crippen LogP contribution in [0.15, 0.2) is 24.3 Å². The summed E-state index contributed by atoms with van der Waals surface area (Å²) in [6.07, 6.45) is 18.6. The summed E-state index contributed by atoms with van der Waals surface area (Å²) in [5.74, 6) is 3.65. The van der Waals surface area contributed by atoms with Gasteiger partial charge >= 0.3 is 0 Å². The summed E-state index contributed by atoms with van der Waals surface area (Å²) in [4.78, 5) is 0. The van der Waals surface area contributed by atoms with Crippen molar-refractivity contribution in [2.45, 2.75) is 78.1 Å². The minimum Gasteiger partial charge on any atom is -0.0993 e. The Kier molecular flexibility index (Phi) is 6.39. The third kappa shape index (κ3) is 4.24. The van der Waals surface area contributed by atoms with E-state index in [4.69, 9.17) is 0 Å². The molecule has 2 aliphatic carbocycles. The smallest absolute Gasteiger partial charge is 0.0200 e. The molecule has 0 aromatic carbocycles. The summed E-state index contributed by atoms with van der Waals surface area (Å²) in [5, 5.41) is 0. The summed E-state index contributed by atoms with van der Waals surface area (Å²) in [7, 11) is 0. The van der Waals surface area contributed by atoms with Gasteiger partial charge in [-0.2, -0.15) is 0 Å². The van der Waals surface area contributed by atoms with Crippen LogP contribution in [-0.2, 0) is 0 Å². The van der Waals surface area contributed by atoms with Gasteiger partial charge < -0.3 is 0 Å². The fraction of sp³-hybridized carbons (Fsp3) is 0.800. The first-order valence-corrected chi connectivity index (χ1v) is 9.08. The van der Waals surface area contributed by atoms with Crippen LogP contribution >= 0.6 is 0 Å². The maximum atomic E-state index is 4.52. The monoisotopic (exact) mass is 274 g/mol. The predicted molar refractivity (Wildman–Crippen MR) is 89.8 cm³/mol. The highest BCUT2D eigenvalue weighted by molar-refractivity contribution is 5.09. The third-order valence-corrected chi connectivity index (χ3v) is 5.89. The van der Waals surface area contributed by atoms with Crippen LogP contribution in [0.4, 0.5) is 0 Å². The van der Waals surface area contributed by atoms with E-state index in [1.165, 1.54) is 64.2 Å². The van der Waals surface area contributed by atoms with Gasteiger partial charge in [0.05, 0.1) is 0 Å². The average Bonchev–Trinajstić information content (AvgIpc) is 2.96. The molecular weight excluding hydrogens is 240 g/mol. The van der Waals surface area contributed by atoms with Gasteiger partial charge in [-0.15, -0.1) is 0 Å². The third-order valence-electron chi connectivity index (χ3n) is 5.89. The van der Waals surface area contributed by atoms with E-state index in [-0.39, 0.29) is 0 Å². The maximum absolute atomic E-state index is 4.52. The van der Waals surface area contributed by atoms with Gasteiger partial charge in [0.2, 0.25) is 0 Å². The molecule has 0 N–H and O–H groups in total. The van der Waals surface area contributed by atoms with E-state index < -0.39 is 0 Å². The van der Waals surface area contributed by atoms with E-state index in [2.05, 4.69) is 32.6 Å². The van der Waals surface area contributed by atoms with Gasteiger partial charge in [0, 0.05) is 0 Å². The Morgan fingerprint density at radius 2 is 1.55 bits per heavy atom. The van der Waals surface area contributed by atoms with E-state index in [1.54, 1.807) is 5.57 Å². The minimum atomic E-state index is 0.846. The molecule has 0 bridgehead atoms. The van der Waals surface area contributed by atoms with Crippen LogP contribution in [0.25, 0.3) is 0 Å². The molecule has 114 valence electrons. The van der Waals surface area contributed by atoms with Crippen molar-refractivity contribution in [2.75, 3.05) is 0 Å². The van der Waals surface area contributed by atoms with Gasteiger partial charge in [-0.1, -0.05) is 44.6 Å². The standard InChI is InChI=1S/C20H34/c1-4-6-7-8-18-11-14-20(15-18)16(3)19-12-9-17(5-2)10-13-19/h6-7,17-20H,3-5,8-15H2,1-2H3/b7-6-. The van der Waals surface area contributed by atoms with Crippen molar-refractivity contribution in [3.05, 3.63) is 24.3 Å². The van der Waals surface area contributed by atoms with Crippen LogP contribution in [-0.4, -0.2) is 0 Å². The van der Waals surface area contributed by atoms with Crippen molar-refractivity contribution in [1.82, 2.24) is 0 Å². The molecule has 0 nitrogen and oxygen atoms in total. The van der Waals surface area contributed by atoms with Crippen LogP contribution in [0.3, 0.4) is 0 Å². The summed E-state index contributed by atoms with van der Waals surface area (Å²) in [5.41, 5.74) is 1.63. The second-order valence-corrected chi connectivity index (χ2v) is 7.19.